The fourth-order valence-electron chi connectivity index (χ4n) is 4.66. The molecule has 0 aliphatic rings. The van der Waals surface area contributed by atoms with Gasteiger partial charge in [0.2, 0.25) is 0 Å². The third-order valence-corrected chi connectivity index (χ3v) is 7.19. The van der Waals surface area contributed by atoms with E-state index in [4.69, 9.17) is 9.84 Å². The van der Waals surface area contributed by atoms with E-state index in [1.54, 1.807) is 0 Å². The molecule has 3 unspecified atom stereocenters. The van der Waals surface area contributed by atoms with Gasteiger partial charge in [-0.15, -0.1) is 0 Å². The van der Waals surface area contributed by atoms with E-state index in [1.165, 1.54) is 57.8 Å². The second-order valence-corrected chi connectivity index (χ2v) is 10.2. The number of hydrogen-bond donors (Lipinski definition) is 1. The average Bonchev–Trinajstić information content (AvgIpc) is 2.81. The normalized spacial score (nSPS) is 14.1. The minimum Gasteiger partial charge on any atom is -0.481 e. The van der Waals surface area contributed by atoms with Gasteiger partial charge >= 0.3 is 11.9 Å². The lowest BCUT2D eigenvalue weighted by Crippen LogP contribution is -2.23. The number of carboxylic acids is 1. The molecule has 0 aromatic carbocycles. The Bertz CT molecular complexity index is 463. The molecule has 0 aliphatic carbocycles. The molecule has 0 fully saturated rings. The van der Waals surface area contributed by atoms with Crippen molar-refractivity contribution >= 4 is 11.9 Å². The second kappa shape index (κ2) is 22.7. The van der Waals surface area contributed by atoms with Gasteiger partial charge in [-0.2, -0.15) is 0 Å². The van der Waals surface area contributed by atoms with Crippen LogP contribution in [0.1, 0.15) is 150 Å². The van der Waals surface area contributed by atoms with Crippen LogP contribution in [0.4, 0.5) is 0 Å². The molecule has 0 rings (SSSR count). The molecular weight excluding hydrogens is 412 g/mol. The molecule has 0 radical (unpaired) electrons. The van der Waals surface area contributed by atoms with Crippen LogP contribution in [0, 0.1) is 17.8 Å². The molecule has 0 spiro atoms. The van der Waals surface area contributed by atoms with Gasteiger partial charge in [-0.3, -0.25) is 9.59 Å². The Kier molecular flexibility index (Phi) is 22.0. The molecule has 4 nitrogen and oxygen atoms in total. The molecule has 0 bridgehead atoms. The Morgan fingerprint density at radius 1 is 0.667 bits per heavy atom. The van der Waals surface area contributed by atoms with Gasteiger partial charge in [-0.1, -0.05) is 118 Å². The minimum absolute atomic E-state index is 0.0540. The van der Waals surface area contributed by atoms with E-state index in [2.05, 4.69) is 27.7 Å². The van der Waals surface area contributed by atoms with Crippen LogP contribution < -0.4 is 0 Å². The largest absolute Gasteiger partial charge is 0.481 e. The van der Waals surface area contributed by atoms with Gasteiger partial charge in [0.25, 0.3) is 0 Å². The van der Waals surface area contributed by atoms with Crippen LogP contribution in [-0.2, 0) is 14.3 Å². The van der Waals surface area contributed by atoms with Gasteiger partial charge in [0.05, 0.1) is 12.5 Å². The summed E-state index contributed by atoms with van der Waals surface area (Å²) in [6.07, 6.45) is 20.6. The Hall–Kier alpha value is -1.06. The molecule has 33 heavy (non-hydrogen) atoms. The topological polar surface area (TPSA) is 63.6 Å². The number of carbonyl (C=O) groups is 2. The van der Waals surface area contributed by atoms with Crippen molar-refractivity contribution in [1.82, 2.24) is 0 Å². The summed E-state index contributed by atoms with van der Waals surface area (Å²) in [5.41, 5.74) is 0. The maximum atomic E-state index is 13.0. The fraction of sp³-hybridized carbons (Fsp3) is 0.931. The van der Waals surface area contributed by atoms with E-state index in [1.807, 2.05) is 0 Å². The van der Waals surface area contributed by atoms with Crippen LogP contribution in [0.2, 0.25) is 0 Å². The van der Waals surface area contributed by atoms with Crippen LogP contribution in [0.25, 0.3) is 0 Å². The van der Waals surface area contributed by atoms with E-state index in [9.17, 15) is 9.59 Å². The predicted octanol–water partition coefficient (Wildman–Crippen LogP) is 8.95. The van der Waals surface area contributed by atoms with E-state index < -0.39 is 5.97 Å². The highest BCUT2D eigenvalue weighted by molar-refractivity contribution is 5.72. The first kappa shape index (κ1) is 31.9. The second-order valence-electron chi connectivity index (χ2n) is 10.2. The van der Waals surface area contributed by atoms with Crippen molar-refractivity contribution in [1.29, 1.82) is 0 Å². The molecule has 1 N–H and O–H groups in total. The van der Waals surface area contributed by atoms with Crippen LogP contribution in [0.5, 0.6) is 0 Å². The Balaban J connectivity index is 4.41. The zero-order valence-corrected chi connectivity index (χ0v) is 22.5. The zero-order chi connectivity index (χ0) is 24.7. The molecule has 0 aromatic heterocycles. The summed E-state index contributed by atoms with van der Waals surface area (Å²) in [6.45, 7) is 9.52. The van der Waals surface area contributed by atoms with Crippen molar-refractivity contribution in [2.45, 2.75) is 150 Å². The zero-order valence-electron chi connectivity index (χ0n) is 22.5. The van der Waals surface area contributed by atoms with Crippen molar-refractivity contribution < 1.29 is 19.4 Å². The third-order valence-electron chi connectivity index (χ3n) is 7.19. The standard InChI is InChI=1S/C29H56O4/c1-5-9-19-25(7-3)23-27(29(32)33-24-26(8-4)20-10-6-2)21-17-15-13-11-12-14-16-18-22-28(30)31/h25-27H,5-24H2,1-4H3,(H,30,31). The lowest BCUT2D eigenvalue weighted by Gasteiger charge is -2.23. The minimum atomic E-state index is -0.686. The third kappa shape index (κ3) is 19.0. The number of hydrogen-bond acceptors (Lipinski definition) is 3. The highest BCUT2D eigenvalue weighted by Crippen LogP contribution is 2.27. The summed E-state index contributed by atoms with van der Waals surface area (Å²) in [6, 6.07) is 0. The summed E-state index contributed by atoms with van der Waals surface area (Å²) in [5.74, 6) is 0.571. The van der Waals surface area contributed by atoms with Gasteiger partial charge in [0.1, 0.15) is 0 Å². The Labute approximate surface area is 205 Å². The van der Waals surface area contributed by atoms with E-state index >= 15 is 0 Å². The molecule has 0 aromatic rings. The molecule has 0 saturated heterocycles. The van der Waals surface area contributed by atoms with Crippen LogP contribution in [0.3, 0.4) is 0 Å². The lowest BCUT2D eigenvalue weighted by molar-refractivity contribution is -0.151. The molecule has 3 atom stereocenters. The number of carboxylic acid groups (broad SMARTS) is 1. The maximum absolute atomic E-state index is 13.0. The highest BCUT2D eigenvalue weighted by atomic mass is 16.5. The van der Waals surface area contributed by atoms with Crippen molar-refractivity contribution in [3.05, 3.63) is 0 Å². The van der Waals surface area contributed by atoms with E-state index in [0.717, 1.165) is 57.8 Å². The Morgan fingerprint density at radius 3 is 1.70 bits per heavy atom. The van der Waals surface area contributed by atoms with Crippen molar-refractivity contribution in [2.24, 2.45) is 17.8 Å². The first-order valence-corrected chi connectivity index (χ1v) is 14.4. The molecule has 0 saturated carbocycles. The van der Waals surface area contributed by atoms with Gasteiger partial charge < -0.3 is 9.84 Å². The number of unbranched alkanes of at least 4 members (excludes halogenated alkanes) is 9. The van der Waals surface area contributed by atoms with E-state index in [0.29, 0.717) is 24.9 Å². The summed E-state index contributed by atoms with van der Waals surface area (Å²) < 4.78 is 5.87. The first-order valence-electron chi connectivity index (χ1n) is 14.4. The fourth-order valence-corrected chi connectivity index (χ4v) is 4.66. The lowest BCUT2D eigenvalue weighted by atomic mass is 9.86. The molecule has 4 heteroatoms. The quantitative estimate of drug-likeness (QED) is 0.113. The van der Waals surface area contributed by atoms with Crippen molar-refractivity contribution in [2.75, 3.05) is 6.61 Å². The number of ether oxygens (including phenoxy) is 1. The molecule has 0 heterocycles. The SMILES string of the molecule is CCCCC(CC)COC(=O)C(CCCCCCCCCCC(=O)O)CC(CC)CCCC. The summed E-state index contributed by atoms with van der Waals surface area (Å²) >= 11 is 0. The van der Waals surface area contributed by atoms with Crippen molar-refractivity contribution in [3.63, 3.8) is 0 Å². The Morgan fingerprint density at radius 2 is 1.18 bits per heavy atom. The van der Waals surface area contributed by atoms with Gasteiger partial charge in [-0.05, 0) is 37.5 Å². The molecule has 0 amide bonds. The van der Waals surface area contributed by atoms with Gasteiger partial charge in [0, 0.05) is 6.42 Å². The smallest absolute Gasteiger partial charge is 0.308 e. The summed E-state index contributed by atoms with van der Waals surface area (Å²) in [7, 11) is 0. The number of esters is 1. The average molecular weight is 469 g/mol. The molecule has 0 aliphatic heterocycles. The van der Waals surface area contributed by atoms with E-state index in [-0.39, 0.29) is 11.9 Å². The molecular formula is C29H56O4. The monoisotopic (exact) mass is 468 g/mol. The summed E-state index contributed by atoms with van der Waals surface area (Å²) in [5, 5.41) is 8.68. The van der Waals surface area contributed by atoms with Crippen molar-refractivity contribution in [3.8, 4) is 0 Å². The first-order chi connectivity index (χ1) is 16.0. The number of rotatable bonds is 24. The molecule has 196 valence electrons. The number of aliphatic carboxylic acids is 1. The van der Waals surface area contributed by atoms with Gasteiger partial charge in [0.15, 0.2) is 0 Å². The number of carbonyl (C=O) groups excluding carboxylic acids is 1. The van der Waals surface area contributed by atoms with Gasteiger partial charge in [-0.25, -0.2) is 0 Å². The summed E-state index contributed by atoms with van der Waals surface area (Å²) in [4.78, 5) is 23.6. The van der Waals surface area contributed by atoms with Crippen LogP contribution in [-0.4, -0.2) is 23.7 Å². The highest BCUT2D eigenvalue weighted by Gasteiger charge is 2.24. The maximum Gasteiger partial charge on any atom is 0.308 e. The van der Waals surface area contributed by atoms with Crippen LogP contribution >= 0.6 is 0 Å². The predicted molar refractivity (Wildman–Crippen MR) is 139 cm³/mol. The van der Waals surface area contributed by atoms with Crippen LogP contribution in [0.15, 0.2) is 0 Å².